The SMILES string of the molecule is O=C(Nc1ccc2c(c1)CCN(CC(=O)N1CCCC1)C2)c1ccccc1-c1ccc(C(F)(F)F)cc1. The zero-order valence-corrected chi connectivity index (χ0v) is 20.4. The van der Waals surface area contributed by atoms with Gasteiger partial charge in [-0.3, -0.25) is 14.5 Å². The predicted molar refractivity (Wildman–Crippen MR) is 136 cm³/mol. The molecular formula is C29H28F3N3O2. The van der Waals surface area contributed by atoms with E-state index in [0.29, 0.717) is 35.5 Å². The Kier molecular flexibility index (Phi) is 7.02. The lowest BCUT2D eigenvalue weighted by atomic mass is 9.97. The fourth-order valence-corrected chi connectivity index (χ4v) is 5.05. The van der Waals surface area contributed by atoms with E-state index in [0.717, 1.165) is 62.2 Å². The van der Waals surface area contributed by atoms with Crippen molar-refractivity contribution in [2.75, 3.05) is 31.5 Å². The summed E-state index contributed by atoms with van der Waals surface area (Å²) in [5.74, 6) is -0.138. The summed E-state index contributed by atoms with van der Waals surface area (Å²) < 4.78 is 38.8. The van der Waals surface area contributed by atoms with Crippen molar-refractivity contribution in [3.05, 3.63) is 89.0 Å². The van der Waals surface area contributed by atoms with Crippen LogP contribution in [-0.2, 0) is 23.9 Å². The van der Waals surface area contributed by atoms with Gasteiger partial charge in [-0.1, -0.05) is 36.4 Å². The van der Waals surface area contributed by atoms with Gasteiger partial charge in [0.15, 0.2) is 0 Å². The molecule has 0 saturated carbocycles. The number of hydrogen-bond acceptors (Lipinski definition) is 3. The van der Waals surface area contributed by atoms with Crippen LogP contribution in [-0.4, -0.2) is 47.8 Å². The van der Waals surface area contributed by atoms with Crippen LogP contribution in [0.2, 0.25) is 0 Å². The molecule has 0 aromatic heterocycles. The molecule has 0 atom stereocenters. The summed E-state index contributed by atoms with van der Waals surface area (Å²) in [6.07, 6.45) is -1.47. The number of carbonyl (C=O) groups excluding carboxylic acids is 2. The lowest BCUT2D eigenvalue weighted by molar-refractivity contribution is -0.137. The molecule has 0 spiro atoms. The molecule has 1 saturated heterocycles. The molecule has 2 aliphatic rings. The van der Waals surface area contributed by atoms with Crippen molar-refractivity contribution < 1.29 is 22.8 Å². The van der Waals surface area contributed by atoms with Crippen molar-refractivity contribution >= 4 is 17.5 Å². The van der Waals surface area contributed by atoms with Gasteiger partial charge in [-0.05, 0) is 71.8 Å². The fraction of sp³-hybridized carbons (Fsp3) is 0.310. The Morgan fingerprint density at radius 2 is 1.59 bits per heavy atom. The van der Waals surface area contributed by atoms with Crippen molar-refractivity contribution in [1.82, 2.24) is 9.80 Å². The standard InChI is InChI=1S/C29H28F3N3O2/c30-29(31,32)23-10-7-20(8-11-23)25-5-1-2-6-26(25)28(37)33-24-12-9-22-18-34(16-13-21(22)17-24)19-27(36)35-14-3-4-15-35/h1-2,5-12,17H,3-4,13-16,18-19H2,(H,33,37). The number of rotatable bonds is 5. The summed E-state index contributed by atoms with van der Waals surface area (Å²) in [6.45, 7) is 3.61. The highest BCUT2D eigenvalue weighted by molar-refractivity contribution is 6.08. The average molecular weight is 508 g/mol. The van der Waals surface area contributed by atoms with Gasteiger partial charge in [0.2, 0.25) is 5.91 Å². The number of hydrogen-bond donors (Lipinski definition) is 1. The van der Waals surface area contributed by atoms with E-state index in [2.05, 4.69) is 10.2 Å². The van der Waals surface area contributed by atoms with Crippen molar-refractivity contribution in [3.8, 4) is 11.1 Å². The molecule has 2 amide bonds. The zero-order valence-electron chi connectivity index (χ0n) is 20.4. The topological polar surface area (TPSA) is 52.7 Å². The van der Waals surface area contributed by atoms with Crippen LogP contribution in [0.3, 0.4) is 0 Å². The Morgan fingerprint density at radius 3 is 2.32 bits per heavy atom. The molecule has 3 aromatic rings. The third kappa shape index (κ3) is 5.69. The monoisotopic (exact) mass is 507 g/mol. The normalized spacial score (nSPS) is 15.9. The molecule has 192 valence electrons. The Balaban J connectivity index is 1.27. The Bertz CT molecular complexity index is 1300. The number of halogens is 3. The molecule has 1 N–H and O–H groups in total. The first-order chi connectivity index (χ1) is 17.8. The van der Waals surface area contributed by atoms with E-state index >= 15 is 0 Å². The molecule has 0 unspecified atom stereocenters. The molecule has 1 fully saturated rings. The number of alkyl halides is 3. The fourth-order valence-electron chi connectivity index (χ4n) is 5.05. The van der Waals surface area contributed by atoms with Crippen molar-refractivity contribution in [3.63, 3.8) is 0 Å². The number of nitrogens with zero attached hydrogens (tertiary/aromatic N) is 2. The highest BCUT2D eigenvalue weighted by Crippen LogP contribution is 2.32. The third-order valence-corrected chi connectivity index (χ3v) is 7.07. The molecular weight excluding hydrogens is 479 g/mol. The highest BCUT2D eigenvalue weighted by atomic mass is 19.4. The van der Waals surface area contributed by atoms with E-state index in [1.807, 2.05) is 23.1 Å². The largest absolute Gasteiger partial charge is 0.416 e. The minimum Gasteiger partial charge on any atom is -0.342 e. The molecule has 3 aromatic carbocycles. The van der Waals surface area contributed by atoms with E-state index in [1.165, 1.54) is 12.1 Å². The maximum Gasteiger partial charge on any atom is 0.416 e. The van der Waals surface area contributed by atoms with Gasteiger partial charge in [0.25, 0.3) is 5.91 Å². The van der Waals surface area contributed by atoms with Gasteiger partial charge in [-0.25, -0.2) is 0 Å². The number of fused-ring (bicyclic) bond motifs is 1. The van der Waals surface area contributed by atoms with E-state index in [-0.39, 0.29) is 11.8 Å². The van der Waals surface area contributed by atoms with Gasteiger partial charge in [-0.15, -0.1) is 0 Å². The van der Waals surface area contributed by atoms with Gasteiger partial charge in [-0.2, -0.15) is 13.2 Å². The summed E-state index contributed by atoms with van der Waals surface area (Å²) in [5.41, 5.74) is 3.69. The Hall–Kier alpha value is -3.65. The molecule has 5 rings (SSSR count). The first-order valence-corrected chi connectivity index (χ1v) is 12.5. The van der Waals surface area contributed by atoms with Crippen LogP contribution in [0.5, 0.6) is 0 Å². The molecule has 2 heterocycles. The number of likely N-dealkylation sites (tertiary alicyclic amines) is 1. The first kappa shape index (κ1) is 25.0. The highest BCUT2D eigenvalue weighted by Gasteiger charge is 2.30. The first-order valence-electron chi connectivity index (χ1n) is 12.5. The van der Waals surface area contributed by atoms with Crippen LogP contribution < -0.4 is 5.32 Å². The van der Waals surface area contributed by atoms with Crippen molar-refractivity contribution in [2.24, 2.45) is 0 Å². The molecule has 0 bridgehead atoms. The van der Waals surface area contributed by atoms with Gasteiger partial charge >= 0.3 is 6.18 Å². The summed E-state index contributed by atoms with van der Waals surface area (Å²) in [6, 6.07) is 17.5. The van der Waals surface area contributed by atoms with Crippen LogP contribution in [0.4, 0.5) is 18.9 Å². The Morgan fingerprint density at radius 1 is 0.865 bits per heavy atom. The van der Waals surface area contributed by atoms with Crippen LogP contribution in [0.15, 0.2) is 66.7 Å². The van der Waals surface area contributed by atoms with E-state index in [1.54, 1.807) is 24.3 Å². The second kappa shape index (κ2) is 10.4. The molecule has 0 aliphatic carbocycles. The quantitative estimate of drug-likeness (QED) is 0.489. The van der Waals surface area contributed by atoms with Crippen LogP contribution in [0, 0.1) is 0 Å². The number of anilines is 1. The smallest absolute Gasteiger partial charge is 0.342 e. The molecule has 2 aliphatic heterocycles. The van der Waals surface area contributed by atoms with E-state index < -0.39 is 11.7 Å². The summed E-state index contributed by atoms with van der Waals surface area (Å²) in [7, 11) is 0. The van der Waals surface area contributed by atoms with Gasteiger partial charge in [0.1, 0.15) is 0 Å². The predicted octanol–water partition coefficient (Wildman–Crippen LogP) is 5.61. The summed E-state index contributed by atoms with van der Waals surface area (Å²) in [5, 5.41) is 2.94. The molecule has 8 heteroatoms. The number of amides is 2. The lowest BCUT2D eigenvalue weighted by Crippen LogP contribution is -2.41. The molecule has 0 radical (unpaired) electrons. The van der Waals surface area contributed by atoms with E-state index in [4.69, 9.17) is 0 Å². The maximum atomic E-state index is 13.2. The van der Waals surface area contributed by atoms with Gasteiger partial charge in [0.05, 0.1) is 12.1 Å². The zero-order chi connectivity index (χ0) is 26.0. The second-order valence-corrected chi connectivity index (χ2v) is 9.61. The van der Waals surface area contributed by atoms with Crippen LogP contribution in [0.1, 0.15) is 39.9 Å². The van der Waals surface area contributed by atoms with Crippen molar-refractivity contribution in [1.29, 1.82) is 0 Å². The lowest BCUT2D eigenvalue weighted by Gasteiger charge is -2.30. The van der Waals surface area contributed by atoms with Gasteiger partial charge < -0.3 is 10.2 Å². The van der Waals surface area contributed by atoms with E-state index in [9.17, 15) is 22.8 Å². The van der Waals surface area contributed by atoms with Gasteiger partial charge in [0, 0.05) is 37.4 Å². The minimum absolute atomic E-state index is 0.191. The average Bonchev–Trinajstić information content (AvgIpc) is 3.44. The van der Waals surface area contributed by atoms with Crippen LogP contribution in [0.25, 0.3) is 11.1 Å². The van der Waals surface area contributed by atoms with Crippen LogP contribution >= 0.6 is 0 Å². The second-order valence-electron chi connectivity index (χ2n) is 9.61. The Labute approximate surface area is 213 Å². The number of nitrogens with one attached hydrogen (secondary N) is 1. The molecule has 37 heavy (non-hydrogen) atoms. The van der Waals surface area contributed by atoms with Crippen molar-refractivity contribution in [2.45, 2.75) is 32.0 Å². The minimum atomic E-state index is -4.41. The molecule has 5 nitrogen and oxygen atoms in total. The third-order valence-electron chi connectivity index (χ3n) is 7.07. The number of benzene rings is 3. The maximum absolute atomic E-state index is 13.2. The number of carbonyl (C=O) groups is 2. The summed E-state index contributed by atoms with van der Waals surface area (Å²) >= 11 is 0. The summed E-state index contributed by atoms with van der Waals surface area (Å²) in [4.78, 5) is 29.8.